The average molecular weight is 256 g/mol. The Morgan fingerprint density at radius 1 is 1.11 bits per heavy atom. The summed E-state index contributed by atoms with van der Waals surface area (Å²) in [7, 11) is 0. The van der Waals surface area contributed by atoms with E-state index in [9.17, 15) is 4.79 Å². The van der Waals surface area contributed by atoms with E-state index in [1.54, 1.807) is 0 Å². The first-order valence-corrected chi connectivity index (χ1v) is 7.79. The molecule has 0 N–H and O–H groups in total. The summed E-state index contributed by atoms with van der Waals surface area (Å²) in [5, 5.41) is 0. The van der Waals surface area contributed by atoms with Gasteiger partial charge in [0, 0.05) is 6.42 Å². The highest BCUT2D eigenvalue weighted by Crippen LogP contribution is 2.20. The Morgan fingerprint density at radius 3 is 2.39 bits per heavy atom. The summed E-state index contributed by atoms with van der Waals surface area (Å²) in [6, 6.07) is 0. The maximum Gasteiger partial charge on any atom is 0.305 e. The van der Waals surface area contributed by atoms with Crippen LogP contribution in [0.15, 0.2) is 0 Å². The third kappa shape index (κ3) is 9.49. The lowest BCUT2D eigenvalue weighted by Gasteiger charge is -2.19. The number of esters is 1. The van der Waals surface area contributed by atoms with E-state index in [-0.39, 0.29) is 5.97 Å². The van der Waals surface area contributed by atoms with Crippen molar-refractivity contribution < 1.29 is 9.53 Å². The topological polar surface area (TPSA) is 26.3 Å². The fourth-order valence-electron chi connectivity index (χ4n) is 2.22. The zero-order chi connectivity index (χ0) is 13.8. The highest BCUT2D eigenvalue weighted by molar-refractivity contribution is 5.69. The van der Waals surface area contributed by atoms with Crippen molar-refractivity contribution in [2.75, 3.05) is 6.61 Å². The van der Waals surface area contributed by atoms with E-state index in [0.29, 0.717) is 18.9 Å². The molecule has 0 aliphatic heterocycles. The van der Waals surface area contributed by atoms with Gasteiger partial charge >= 0.3 is 5.97 Å². The summed E-state index contributed by atoms with van der Waals surface area (Å²) in [6.45, 7) is 9.49. The van der Waals surface area contributed by atoms with Gasteiger partial charge in [-0.25, -0.2) is 0 Å². The standard InChI is InChI=1S/C16H32O2/c1-5-8-9-11-16(17)18-13-15(10-6-2)12-14(4)7-3/h14-15H,5-13H2,1-4H3. The summed E-state index contributed by atoms with van der Waals surface area (Å²) >= 11 is 0. The lowest BCUT2D eigenvalue weighted by atomic mass is 9.91. The van der Waals surface area contributed by atoms with Gasteiger partial charge in [-0.3, -0.25) is 4.79 Å². The summed E-state index contributed by atoms with van der Waals surface area (Å²) in [4.78, 5) is 11.6. The normalized spacial score (nSPS) is 14.2. The van der Waals surface area contributed by atoms with Gasteiger partial charge in [-0.15, -0.1) is 0 Å². The van der Waals surface area contributed by atoms with E-state index in [2.05, 4.69) is 27.7 Å². The second-order valence-corrected chi connectivity index (χ2v) is 5.54. The van der Waals surface area contributed by atoms with E-state index >= 15 is 0 Å². The molecule has 0 bridgehead atoms. The highest BCUT2D eigenvalue weighted by atomic mass is 16.5. The van der Waals surface area contributed by atoms with Crippen molar-refractivity contribution in [1.29, 1.82) is 0 Å². The van der Waals surface area contributed by atoms with Gasteiger partial charge in [0.2, 0.25) is 0 Å². The molecule has 2 atom stereocenters. The van der Waals surface area contributed by atoms with Gasteiger partial charge in [-0.1, -0.05) is 53.4 Å². The van der Waals surface area contributed by atoms with E-state index in [1.165, 1.54) is 25.7 Å². The Balaban J connectivity index is 3.83. The number of unbranched alkanes of at least 4 members (excludes halogenated alkanes) is 2. The van der Waals surface area contributed by atoms with Crippen LogP contribution in [-0.4, -0.2) is 12.6 Å². The van der Waals surface area contributed by atoms with Crippen LogP contribution in [0.5, 0.6) is 0 Å². The number of carbonyl (C=O) groups is 1. The molecule has 0 aromatic heterocycles. The molecular weight excluding hydrogens is 224 g/mol. The van der Waals surface area contributed by atoms with Crippen molar-refractivity contribution in [3.05, 3.63) is 0 Å². The Labute approximate surface area is 113 Å². The van der Waals surface area contributed by atoms with E-state index in [4.69, 9.17) is 4.74 Å². The van der Waals surface area contributed by atoms with Crippen molar-refractivity contribution in [2.45, 2.75) is 79.1 Å². The first kappa shape index (κ1) is 17.5. The van der Waals surface area contributed by atoms with Crippen LogP contribution in [0.3, 0.4) is 0 Å². The summed E-state index contributed by atoms with van der Waals surface area (Å²) in [5.41, 5.74) is 0. The molecule has 2 nitrogen and oxygen atoms in total. The zero-order valence-electron chi connectivity index (χ0n) is 12.8. The molecule has 0 aromatic rings. The molecular formula is C16H32O2. The second kappa shape index (κ2) is 11.6. The molecule has 0 saturated carbocycles. The third-order valence-electron chi connectivity index (χ3n) is 3.59. The lowest BCUT2D eigenvalue weighted by molar-refractivity contribution is -0.145. The second-order valence-electron chi connectivity index (χ2n) is 5.54. The number of ether oxygens (including phenoxy) is 1. The van der Waals surface area contributed by atoms with Crippen molar-refractivity contribution in [2.24, 2.45) is 11.8 Å². The summed E-state index contributed by atoms with van der Waals surface area (Å²) < 4.78 is 5.41. The monoisotopic (exact) mass is 256 g/mol. The average Bonchev–Trinajstić information content (AvgIpc) is 2.36. The van der Waals surface area contributed by atoms with Crippen LogP contribution in [0.4, 0.5) is 0 Å². The number of carbonyl (C=O) groups excluding carboxylic acids is 1. The minimum atomic E-state index is -0.00583. The lowest BCUT2D eigenvalue weighted by Crippen LogP contribution is -2.16. The SMILES string of the molecule is CCCCCC(=O)OCC(CCC)CC(C)CC. The smallest absolute Gasteiger partial charge is 0.305 e. The van der Waals surface area contributed by atoms with Gasteiger partial charge in [0.25, 0.3) is 0 Å². The quantitative estimate of drug-likeness (QED) is 0.385. The fraction of sp³-hybridized carbons (Fsp3) is 0.938. The molecule has 0 saturated heterocycles. The van der Waals surface area contributed by atoms with Crippen molar-refractivity contribution in [1.82, 2.24) is 0 Å². The van der Waals surface area contributed by atoms with Crippen LogP contribution in [0.1, 0.15) is 79.1 Å². The third-order valence-corrected chi connectivity index (χ3v) is 3.59. The van der Waals surface area contributed by atoms with Crippen molar-refractivity contribution >= 4 is 5.97 Å². The molecule has 2 unspecified atom stereocenters. The molecule has 0 radical (unpaired) electrons. The van der Waals surface area contributed by atoms with Gasteiger partial charge in [-0.05, 0) is 31.1 Å². The Kier molecular flexibility index (Phi) is 11.2. The summed E-state index contributed by atoms with van der Waals surface area (Å²) in [5.74, 6) is 1.29. The molecule has 0 aliphatic rings. The maximum atomic E-state index is 11.6. The first-order chi connectivity index (χ1) is 8.63. The first-order valence-electron chi connectivity index (χ1n) is 7.79. The molecule has 108 valence electrons. The maximum absolute atomic E-state index is 11.6. The highest BCUT2D eigenvalue weighted by Gasteiger charge is 2.14. The molecule has 18 heavy (non-hydrogen) atoms. The Bertz CT molecular complexity index is 201. The van der Waals surface area contributed by atoms with Crippen LogP contribution >= 0.6 is 0 Å². The Morgan fingerprint density at radius 2 is 1.83 bits per heavy atom. The predicted molar refractivity (Wildman–Crippen MR) is 77.6 cm³/mol. The molecule has 0 amide bonds. The van der Waals surface area contributed by atoms with E-state index in [1.807, 2.05) is 0 Å². The minimum Gasteiger partial charge on any atom is -0.465 e. The predicted octanol–water partition coefficient (Wildman–Crippen LogP) is 4.96. The molecule has 0 heterocycles. The van der Waals surface area contributed by atoms with Crippen molar-refractivity contribution in [3.63, 3.8) is 0 Å². The molecule has 0 spiro atoms. The van der Waals surface area contributed by atoms with Crippen LogP contribution in [0.2, 0.25) is 0 Å². The molecule has 0 rings (SSSR count). The molecule has 0 aromatic carbocycles. The Hall–Kier alpha value is -0.530. The minimum absolute atomic E-state index is 0.00583. The van der Waals surface area contributed by atoms with Crippen LogP contribution < -0.4 is 0 Å². The molecule has 0 fully saturated rings. The van der Waals surface area contributed by atoms with E-state index < -0.39 is 0 Å². The van der Waals surface area contributed by atoms with Crippen LogP contribution in [0.25, 0.3) is 0 Å². The number of rotatable bonds is 11. The largest absolute Gasteiger partial charge is 0.465 e. The van der Waals surface area contributed by atoms with Crippen LogP contribution in [0, 0.1) is 11.8 Å². The van der Waals surface area contributed by atoms with Gasteiger partial charge < -0.3 is 4.74 Å². The van der Waals surface area contributed by atoms with Gasteiger partial charge in [-0.2, -0.15) is 0 Å². The number of hydrogen-bond acceptors (Lipinski definition) is 2. The van der Waals surface area contributed by atoms with Crippen molar-refractivity contribution in [3.8, 4) is 0 Å². The molecule has 2 heteroatoms. The zero-order valence-corrected chi connectivity index (χ0v) is 12.8. The fourth-order valence-corrected chi connectivity index (χ4v) is 2.22. The molecule has 0 aliphatic carbocycles. The van der Waals surface area contributed by atoms with E-state index in [0.717, 1.165) is 25.2 Å². The summed E-state index contributed by atoms with van der Waals surface area (Å²) in [6.07, 6.45) is 8.59. The van der Waals surface area contributed by atoms with Crippen LogP contribution in [-0.2, 0) is 9.53 Å². The van der Waals surface area contributed by atoms with Gasteiger partial charge in [0.05, 0.1) is 6.61 Å². The van der Waals surface area contributed by atoms with Gasteiger partial charge in [0.1, 0.15) is 0 Å². The number of hydrogen-bond donors (Lipinski definition) is 0. The van der Waals surface area contributed by atoms with Gasteiger partial charge in [0.15, 0.2) is 0 Å².